The Bertz CT molecular complexity index is 860. The molecule has 0 atom stereocenters. The molecule has 1 aromatic heterocycles. The predicted octanol–water partition coefficient (Wildman–Crippen LogP) is 5.69. The fraction of sp³-hybridized carbons (Fsp3) is 0.643. The highest BCUT2D eigenvalue weighted by molar-refractivity contribution is 5.67. The molecule has 6 nitrogen and oxygen atoms in total. The molecular weight excluding hydrogens is 426 g/mol. The topological polar surface area (TPSA) is 56.7 Å². The van der Waals surface area contributed by atoms with Crippen molar-refractivity contribution >= 4 is 0 Å². The lowest BCUT2D eigenvalue weighted by molar-refractivity contribution is 0.0767. The van der Waals surface area contributed by atoms with Crippen LogP contribution < -0.4 is 9.47 Å². The van der Waals surface area contributed by atoms with Crippen molar-refractivity contribution in [3.63, 3.8) is 0 Å². The highest BCUT2D eigenvalue weighted by atomic mass is 16.5. The van der Waals surface area contributed by atoms with E-state index in [2.05, 4.69) is 52.4 Å². The zero-order chi connectivity index (χ0) is 23.6. The van der Waals surface area contributed by atoms with E-state index in [0.717, 1.165) is 80.9 Å². The van der Waals surface area contributed by atoms with Crippen LogP contribution in [0.4, 0.5) is 0 Å². The van der Waals surface area contributed by atoms with Crippen LogP contribution in [0.2, 0.25) is 0 Å². The molecular formula is C28H41N3O3. The molecule has 4 rings (SSSR count). The van der Waals surface area contributed by atoms with Gasteiger partial charge in [0.05, 0.1) is 18.4 Å². The van der Waals surface area contributed by atoms with E-state index in [1.54, 1.807) is 7.11 Å². The Morgan fingerprint density at radius 3 is 2.35 bits per heavy atom. The smallest absolute Gasteiger partial charge is 0.234 e. The summed E-state index contributed by atoms with van der Waals surface area (Å²) >= 11 is 0. The maximum Gasteiger partial charge on any atom is 0.234 e. The van der Waals surface area contributed by atoms with Crippen molar-refractivity contribution in [2.24, 2.45) is 0 Å². The third-order valence-electron chi connectivity index (χ3n) is 7.07. The number of methoxy groups -OCH3 is 1. The molecule has 0 amide bonds. The van der Waals surface area contributed by atoms with Crippen molar-refractivity contribution < 1.29 is 14.2 Å². The van der Waals surface area contributed by atoms with Crippen LogP contribution in [-0.4, -0.2) is 60.7 Å². The number of benzene rings is 1. The van der Waals surface area contributed by atoms with Gasteiger partial charge >= 0.3 is 0 Å². The standard InChI is InChI=1S/C28H41N3O3/c1-3-4-10-27-26(22-11-13-24(14-12-22)33-23-8-6-5-7-9-23)21-28(30-29-27)34-25-15-17-31(18-16-25)19-20-32-2/h11-14,21,23,25H,3-10,15-20H2,1-2H3. The second-order valence-corrected chi connectivity index (χ2v) is 9.70. The number of piperidine rings is 1. The monoisotopic (exact) mass is 467 g/mol. The Morgan fingerprint density at radius 1 is 0.912 bits per heavy atom. The van der Waals surface area contributed by atoms with Gasteiger partial charge in [-0.05, 0) is 69.1 Å². The third-order valence-corrected chi connectivity index (χ3v) is 7.07. The van der Waals surface area contributed by atoms with Gasteiger partial charge in [0.1, 0.15) is 11.9 Å². The van der Waals surface area contributed by atoms with Crippen LogP contribution in [0, 0.1) is 0 Å². The zero-order valence-corrected chi connectivity index (χ0v) is 21.0. The van der Waals surface area contributed by atoms with Crippen LogP contribution in [0.5, 0.6) is 11.6 Å². The molecule has 2 heterocycles. The lowest BCUT2D eigenvalue weighted by atomic mass is 9.97. The largest absolute Gasteiger partial charge is 0.490 e. The highest BCUT2D eigenvalue weighted by Crippen LogP contribution is 2.30. The SMILES string of the molecule is CCCCc1nnc(OC2CCN(CCOC)CC2)cc1-c1ccc(OC2CCCCC2)cc1. The summed E-state index contributed by atoms with van der Waals surface area (Å²) in [5.41, 5.74) is 3.32. The number of nitrogens with zero attached hydrogens (tertiary/aromatic N) is 3. The molecule has 1 saturated heterocycles. The Balaban J connectivity index is 1.43. The van der Waals surface area contributed by atoms with Gasteiger partial charge in [0.2, 0.25) is 5.88 Å². The first-order valence-corrected chi connectivity index (χ1v) is 13.3. The van der Waals surface area contributed by atoms with Gasteiger partial charge in [0.15, 0.2) is 0 Å². The summed E-state index contributed by atoms with van der Waals surface area (Å²) in [6.45, 7) is 6.04. The number of hydrogen-bond donors (Lipinski definition) is 0. The van der Waals surface area contributed by atoms with Crippen molar-refractivity contribution in [2.45, 2.75) is 83.3 Å². The highest BCUT2D eigenvalue weighted by Gasteiger charge is 2.22. The first-order chi connectivity index (χ1) is 16.7. The van der Waals surface area contributed by atoms with E-state index >= 15 is 0 Å². The molecule has 0 N–H and O–H groups in total. The molecule has 1 aromatic carbocycles. The fourth-order valence-corrected chi connectivity index (χ4v) is 4.97. The fourth-order valence-electron chi connectivity index (χ4n) is 4.97. The Morgan fingerprint density at radius 2 is 1.65 bits per heavy atom. The number of rotatable bonds is 11. The van der Waals surface area contributed by atoms with Gasteiger partial charge in [-0.1, -0.05) is 31.9 Å². The lowest BCUT2D eigenvalue weighted by Crippen LogP contribution is -2.39. The molecule has 1 saturated carbocycles. The second-order valence-electron chi connectivity index (χ2n) is 9.70. The molecule has 0 radical (unpaired) electrons. The molecule has 2 aliphatic rings. The average Bonchev–Trinajstić information content (AvgIpc) is 2.88. The number of aryl methyl sites for hydroxylation is 1. The first-order valence-electron chi connectivity index (χ1n) is 13.3. The van der Waals surface area contributed by atoms with E-state index < -0.39 is 0 Å². The van der Waals surface area contributed by atoms with Crippen molar-refractivity contribution in [3.8, 4) is 22.8 Å². The van der Waals surface area contributed by atoms with Gasteiger partial charge in [0.25, 0.3) is 0 Å². The van der Waals surface area contributed by atoms with E-state index in [0.29, 0.717) is 12.0 Å². The minimum Gasteiger partial charge on any atom is -0.490 e. The molecule has 0 bridgehead atoms. The van der Waals surface area contributed by atoms with Crippen LogP contribution in [-0.2, 0) is 11.2 Å². The summed E-state index contributed by atoms with van der Waals surface area (Å²) in [4.78, 5) is 2.44. The number of aromatic nitrogens is 2. The van der Waals surface area contributed by atoms with Crippen LogP contribution in [0.15, 0.2) is 30.3 Å². The normalized spacial score (nSPS) is 18.2. The summed E-state index contributed by atoms with van der Waals surface area (Å²) in [5.74, 6) is 1.60. The van der Waals surface area contributed by atoms with Gasteiger partial charge in [0, 0.05) is 38.4 Å². The second kappa shape index (κ2) is 13.1. The quantitative estimate of drug-likeness (QED) is 0.423. The molecule has 34 heavy (non-hydrogen) atoms. The van der Waals surface area contributed by atoms with E-state index in [1.807, 2.05) is 0 Å². The summed E-state index contributed by atoms with van der Waals surface area (Å²) in [6, 6.07) is 10.6. The summed E-state index contributed by atoms with van der Waals surface area (Å²) in [5, 5.41) is 9.04. The molecule has 6 heteroatoms. The Hall–Kier alpha value is -2.18. The Labute approximate surface area is 205 Å². The van der Waals surface area contributed by atoms with Crippen molar-refractivity contribution in [3.05, 3.63) is 36.0 Å². The van der Waals surface area contributed by atoms with Gasteiger partial charge in [-0.2, -0.15) is 5.10 Å². The molecule has 2 fully saturated rings. The maximum absolute atomic E-state index is 6.30. The van der Waals surface area contributed by atoms with Gasteiger partial charge in [-0.25, -0.2) is 0 Å². The van der Waals surface area contributed by atoms with Crippen LogP contribution in [0.3, 0.4) is 0 Å². The summed E-state index contributed by atoms with van der Waals surface area (Å²) < 4.78 is 17.7. The first kappa shape index (κ1) is 24.9. The molecule has 0 unspecified atom stereocenters. The predicted molar refractivity (Wildman–Crippen MR) is 136 cm³/mol. The van der Waals surface area contributed by atoms with E-state index in [4.69, 9.17) is 14.2 Å². The van der Waals surface area contributed by atoms with Crippen LogP contribution >= 0.6 is 0 Å². The van der Waals surface area contributed by atoms with E-state index in [-0.39, 0.29) is 6.10 Å². The minimum atomic E-state index is 0.189. The van der Waals surface area contributed by atoms with Crippen molar-refractivity contribution in [2.75, 3.05) is 33.4 Å². The summed E-state index contributed by atoms with van der Waals surface area (Å²) in [7, 11) is 1.76. The van der Waals surface area contributed by atoms with Crippen LogP contribution in [0.1, 0.15) is 70.4 Å². The van der Waals surface area contributed by atoms with Gasteiger partial charge in [-0.3, -0.25) is 0 Å². The van der Waals surface area contributed by atoms with Crippen LogP contribution in [0.25, 0.3) is 11.1 Å². The third kappa shape index (κ3) is 7.16. The molecule has 186 valence electrons. The average molecular weight is 468 g/mol. The number of hydrogen-bond acceptors (Lipinski definition) is 6. The lowest BCUT2D eigenvalue weighted by Gasteiger charge is -2.31. The van der Waals surface area contributed by atoms with Crippen molar-refractivity contribution in [1.29, 1.82) is 0 Å². The Kier molecular flexibility index (Phi) is 9.57. The van der Waals surface area contributed by atoms with Gasteiger partial charge in [-0.15, -0.1) is 5.10 Å². The number of ether oxygens (including phenoxy) is 3. The molecule has 2 aromatic rings. The van der Waals surface area contributed by atoms with Gasteiger partial charge < -0.3 is 19.1 Å². The molecule has 1 aliphatic carbocycles. The molecule has 1 aliphatic heterocycles. The number of unbranched alkanes of at least 4 members (excludes halogenated alkanes) is 1. The number of likely N-dealkylation sites (tertiary alicyclic amines) is 1. The summed E-state index contributed by atoms with van der Waals surface area (Å²) in [6.07, 6.45) is 12.0. The van der Waals surface area contributed by atoms with E-state index in [9.17, 15) is 0 Å². The maximum atomic E-state index is 6.30. The van der Waals surface area contributed by atoms with E-state index in [1.165, 1.54) is 32.1 Å². The minimum absolute atomic E-state index is 0.189. The molecule has 0 spiro atoms. The van der Waals surface area contributed by atoms with Crippen molar-refractivity contribution in [1.82, 2.24) is 15.1 Å². The zero-order valence-electron chi connectivity index (χ0n) is 21.0.